The van der Waals surface area contributed by atoms with Crippen molar-refractivity contribution in [1.82, 2.24) is 4.90 Å². The lowest BCUT2D eigenvalue weighted by molar-refractivity contribution is 0.228. The van der Waals surface area contributed by atoms with Crippen LogP contribution in [0.15, 0.2) is 18.2 Å². The molecule has 1 unspecified atom stereocenters. The van der Waals surface area contributed by atoms with Gasteiger partial charge in [0, 0.05) is 22.9 Å². The summed E-state index contributed by atoms with van der Waals surface area (Å²) in [5.41, 5.74) is 2.47. The second-order valence-corrected chi connectivity index (χ2v) is 6.27. The van der Waals surface area contributed by atoms with Gasteiger partial charge < -0.3 is 0 Å². The Morgan fingerprint density at radius 1 is 1.50 bits per heavy atom. The average molecular weight is 303 g/mol. The molecule has 1 heterocycles. The fourth-order valence-electron chi connectivity index (χ4n) is 2.16. The Morgan fingerprint density at radius 3 is 3.00 bits per heavy atom. The number of rotatable bonds is 2. The molecule has 0 saturated carbocycles. The van der Waals surface area contributed by atoms with Crippen LogP contribution in [0.5, 0.6) is 0 Å². The van der Waals surface area contributed by atoms with Gasteiger partial charge in [0.25, 0.3) is 0 Å². The van der Waals surface area contributed by atoms with E-state index in [0.29, 0.717) is 4.83 Å². The molecule has 2 rings (SSSR count). The minimum atomic E-state index is 0.644. The van der Waals surface area contributed by atoms with Crippen molar-refractivity contribution in [1.29, 1.82) is 0 Å². The molecule has 0 aromatic heterocycles. The lowest BCUT2D eigenvalue weighted by Crippen LogP contribution is -2.35. The number of alkyl halides is 1. The largest absolute Gasteiger partial charge is 0.298 e. The van der Waals surface area contributed by atoms with Gasteiger partial charge in [-0.05, 0) is 43.5 Å². The van der Waals surface area contributed by atoms with E-state index in [1.54, 1.807) is 0 Å². The van der Waals surface area contributed by atoms with Crippen LogP contribution in [0.1, 0.15) is 24.0 Å². The Hall–Kier alpha value is -0.0500. The lowest BCUT2D eigenvalue weighted by Gasteiger charge is -2.30. The summed E-state index contributed by atoms with van der Waals surface area (Å²) in [6.45, 7) is 5.36. The maximum atomic E-state index is 6.25. The molecule has 1 aliphatic heterocycles. The van der Waals surface area contributed by atoms with E-state index in [1.807, 2.05) is 6.07 Å². The highest BCUT2D eigenvalue weighted by Gasteiger charge is 2.18. The molecular weight excluding hydrogens is 286 g/mol. The molecule has 1 aliphatic rings. The van der Waals surface area contributed by atoms with Gasteiger partial charge in [-0.15, -0.1) is 0 Å². The van der Waals surface area contributed by atoms with E-state index in [2.05, 4.69) is 39.9 Å². The quantitative estimate of drug-likeness (QED) is 0.746. The number of likely N-dealkylation sites (tertiary alicyclic amines) is 1. The normalized spacial score (nSPS) is 22.3. The van der Waals surface area contributed by atoms with Crippen LogP contribution < -0.4 is 0 Å². The van der Waals surface area contributed by atoms with Gasteiger partial charge >= 0.3 is 0 Å². The van der Waals surface area contributed by atoms with Crippen molar-refractivity contribution in [3.05, 3.63) is 34.3 Å². The second kappa shape index (κ2) is 5.52. The number of hydrogen-bond donors (Lipinski definition) is 0. The monoisotopic (exact) mass is 301 g/mol. The Kier molecular flexibility index (Phi) is 4.28. The number of halogens is 2. The number of aryl methyl sites for hydroxylation is 1. The highest BCUT2D eigenvalue weighted by atomic mass is 79.9. The van der Waals surface area contributed by atoms with Gasteiger partial charge in [0.05, 0.1) is 0 Å². The first-order valence-electron chi connectivity index (χ1n) is 5.76. The molecule has 0 spiro atoms. The third kappa shape index (κ3) is 3.22. The molecule has 1 saturated heterocycles. The smallest absolute Gasteiger partial charge is 0.0453 e. The van der Waals surface area contributed by atoms with Gasteiger partial charge in [0.1, 0.15) is 0 Å². The zero-order valence-corrected chi connectivity index (χ0v) is 11.9. The first-order valence-corrected chi connectivity index (χ1v) is 7.06. The molecule has 0 aliphatic carbocycles. The molecule has 1 aromatic rings. The van der Waals surface area contributed by atoms with Gasteiger partial charge in [0.15, 0.2) is 0 Å². The SMILES string of the molecule is Cc1ccc(CN2CCCC(Br)C2)c(Cl)c1. The van der Waals surface area contributed by atoms with E-state index in [4.69, 9.17) is 11.6 Å². The third-order valence-electron chi connectivity index (χ3n) is 3.05. The van der Waals surface area contributed by atoms with Crippen molar-refractivity contribution < 1.29 is 0 Å². The standard InChI is InChI=1S/C13H17BrClN/c1-10-4-5-11(13(15)7-10)8-16-6-2-3-12(14)9-16/h4-5,7,12H,2-3,6,8-9H2,1H3. The summed E-state index contributed by atoms with van der Waals surface area (Å²) in [5, 5.41) is 0.900. The Balaban J connectivity index is 2.02. The number of benzene rings is 1. The Labute approximate surface area is 111 Å². The van der Waals surface area contributed by atoms with Gasteiger partial charge in [-0.1, -0.05) is 39.7 Å². The predicted molar refractivity (Wildman–Crippen MR) is 73.4 cm³/mol. The van der Waals surface area contributed by atoms with Crippen LogP contribution in [0.3, 0.4) is 0 Å². The van der Waals surface area contributed by atoms with Crippen molar-refractivity contribution >= 4 is 27.5 Å². The summed E-state index contributed by atoms with van der Waals surface area (Å²) >= 11 is 9.94. The van der Waals surface area contributed by atoms with Crippen LogP contribution in [0.4, 0.5) is 0 Å². The van der Waals surface area contributed by atoms with Crippen LogP contribution in [0.2, 0.25) is 5.02 Å². The Bertz CT molecular complexity index is 367. The summed E-state index contributed by atoms with van der Waals surface area (Å²) in [4.78, 5) is 3.12. The van der Waals surface area contributed by atoms with Crippen molar-refractivity contribution in [2.24, 2.45) is 0 Å². The van der Waals surface area contributed by atoms with Crippen LogP contribution in [-0.2, 0) is 6.54 Å². The van der Waals surface area contributed by atoms with Gasteiger partial charge in [-0.3, -0.25) is 4.90 Å². The molecule has 16 heavy (non-hydrogen) atoms. The molecule has 1 fully saturated rings. The molecule has 3 heteroatoms. The first kappa shape index (κ1) is 12.4. The maximum Gasteiger partial charge on any atom is 0.0453 e. The summed E-state index contributed by atoms with van der Waals surface area (Å²) in [6, 6.07) is 6.33. The summed E-state index contributed by atoms with van der Waals surface area (Å²) < 4.78 is 0. The minimum absolute atomic E-state index is 0.644. The average Bonchev–Trinajstić information content (AvgIpc) is 2.22. The summed E-state index contributed by atoms with van der Waals surface area (Å²) in [7, 11) is 0. The predicted octanol–water partition coefficient (Wildman–Crippen LogP) is 4.01. The van der Waals surface area contributed by atoms with Crippen molar-refractivity contribution in [2.45, 2.75) is 31.1 Å². The number of piperidine rings is 1. The van der Waals surface area contributed by atoms with Crippen LogP contribution in [0.25, 0.3) is 0 Å². The topological polar surface area (TPSA) is 3.24 Å². The highest BCUT2D eigenvalue weighted by Crippen LogP contribution is 2.23. The fraction of sp³-hybridized carbons (Fsp3) is 0.538. The molecule has 1 atom stereocenters. The summed E-state index contributed by atoms with van der Waals surface area (Å²) in [5.74, 6) is 0. The van der Waals surface area contributed by atoms with E-state index in [-0.39, 0.29) is 0 Å². The lowest BCUT2D eigenvalue weighted by atomic mass is 10.1. The van der Waals surface area contributed by atoms with Gasteiger partial charge in [0.2, 0.25) is 0 Å². The zero-order chi connectivity index (χ0) is 11.5. The fourth-order valence-corrected chi connectivity index (χ4v) is 3.19. The molecular formula is C13H17BrClN. The molecule has 1 aromatic carbocycles. The molecule has 88 valence electrons. The Morgan fingerprint density at radius 2 is 2.31 bits per heavy atom. The molecule has 0 amide bonds. The third-order valence-corrected chi connectivity index (χ3v) is 4.15. The van der Waals surface area contributed by atoms with Crippen LogP contribution in [-0.4, -0.2) is 22.8 Å². The molecule has 1 nitrogen and oxygen atoms in total. The summed E-state index contributed by atoms with van der Waals surface area (Å²) in [6.07, 6.45) is 2.57. The van der Waals surface area contributed by atoms with Gasteiger partial charge in [-0.2, -0.15) is 0 Å². The van der Waals surface area contributed by atoms with Crippen molar-refractivity contribution in [2.75, 3.05) is 13.1 Å². The molecule has 0 N–H and O–H groups in total. The van der Waals surface area contributed by atoms with Gasteiger partial charge in [-0.25, -0.2) is 0 Å². The maximum absolute atomic E-state index is 6.25. The van der Waals surface area contributed by atoms with E-state index in [1.165, 1.54) is 30.5 Å². The molecule has 0 bridgehead atoms. The highest BCUT2D eigenvalue weighted by molar-refractivity contribution is 9.09. The van der Waals surface area contributed by atoms with Crippen molar-refractivity contribution in [3.63, 3.8) is 0 Å². The first-order chi connectivity index (χ1) is 7.65. The second-order valence-electron chi connectivity index (χ2n) is 4.57. The number of nitrogens with zero attached hydrogens (tertiary/aromatic N) is 1. The number of hydrogen-bond acceptors (Lipinski definition) is 1. The molecule has 0 radical (unpaired) electrons. The van der Waals surface area contributed by atoms with Crippen LogP contribution >= 0.6 is 27.5 Å². The zero-order valence-electron chi connectivity index (χ0n) is 9.55. The minimum Gasteiger partial charge on any atom is -0.298 e. The van der Waals surface area contributed by atoms with E-state index in [9.17, 15) is 0 Å². The van der Waals surface area contributed by atoms with E-state index >= 15 is 0 Å². The van der Waals surface area contributed by atoms with Crippen LogP contribution in [0, 0.1) is 6.92 Å². The van der Waals surface area contributed by atoms with Crippen molar-refractivity contribution in [3.8, 4) is 0 Å². The van der Waals surface area contributed by atoms with E-state index in [0.717, 1.165) is 18.1 Å². The van der Waals surface area contributed by atoms with E-state index < -0.39 is 0 Å².